The third kappa shape index (κ3) is 5.43. The molecule has 0 bridgehead atoms. The zero-order chi connectivity index (χ0) is 27.4. The molecule has 1 unspecified atom stereocenters. The first kappa shape index (κ1) is 25.9. The van der Waals surface area contributed by atoms with Crippen LogP contribution in [0.15, 0.2) is 108 Å². The number of nitrogens with zero attached hydrogens (tertiary/aromatic N) is 3. The van der Waals surface area contributed by atoms with Crippen molar-refractivity contribution in [3.63, 3.8) is 0 Å². The Balaban J connectivity index is 1.67. The smallest absolute Gasteiger partial charge is 0.266 e. The zero-order valence-electron chi connectivity index (χ0n) is 21.8. The number of hydrogen-bond acceptors (Lipinski definition) is 4. The molecule has 0 aliphatic heterocycles. The molecule has 4 aromatic carbocycles. The Morgan fingerprint density at radius 2 is 1.59 bits per heavy atom. The van der Waals surface area contributed by atoms with Gasteiger partial charge in [-0.3, -0.25) is 14.2 Å². The molecule has 1 atom stereocenters. The minimum atomic E-state index is -0.619. The molecular formula is C32H28FN3O3. The second kappa shape index (κ2) is 11.3. The third-order valence-electron chi connectivity index (χ3n) is 6.60. The fourth-order valence-corrected chi connectivity index (χ4v) is 4.60. The predicted octanol–water partition coefficient (Wildman–Crippen LogP) is 6.33. The largest absolute Gasteiger partial charge is 0.494 e. The van der Waals surface area contributed by atoms with E-state index in [0.29, 0.717) is 40.3 Å². The van der Waals surface area contributed by atoms with Crippen LogP contribution in [0.4, 0.5) is 4.39 Å². The topological polar surface area (TPSA) is 64.4 Å². The van der Waals surface area contributed by atoms with E-state index in [9.17, 15) is 14.0 Å². The van der Waals surface area contributed by atoms with Crippen molar-refractivity contribution >= 4 is 16.8 Å². The Morgan fingerprint density at radius 3 is 2.28 bits per heavy atom. The van der Waals surface area contributed by atoms with Gasteiger partial charge in [0, 0.05) is 12.1 Å². The predicted molar refractivity (Wildman–Crippen MR) is 150 cm³/mol. The highest BCUT2D eigenvalue weighted by Crippen LogP contribution is 2.27. The van der Waals surface area contributed by atoms with Gasteiger partial charge in [-0.1, -0.05) is 42.5 Å². The van der Waals surface area contributed by atoms with Gasteiger partial charge in [0.2, 0.25) is 0 Å². The maximum absolute atomic E-state index is 13.9. The first-order chi connectivity index (χ1) is 19.0. The summed E-state index contributed by atoms with van der Waals surface area (Å²) in [6, 6.07) is 28.8. The van der Waals surface area contributed by atoms with Crippen LogP contribution in [0.5, 0.6) is 5.75 Å². The van der Waals surface area contributed by atoms with Crippen molar-refractivity contribution in [1.29, 1.82) is 0 Å². The van der Waals surface area contributed by atoms with Crippen molar-refractivity contribution in [2.24, 2.45) is 0 Å². The van der Waals surface area contributed by atoms with Crippen molar-refractivity contribution in [3.05, 3.63) is 136 Å². The number of halogens is 1. The average molecular weight is 522 g/mol. The monoisotopic (exact) mass is 521 g/mol. The Kier molecular flexibility index (Phi) is 7.50. The first-order valence-electron chi connectivity index (χ1n) is 12.8. The normalized spacial score (nSPS) is 11.8. The summed E-state index contributed by atoms with van der Waals surface area (Å²) in [6.07, 6.45) is 0. The van der Waals surface area contributed by atoms with Crippen LogP contribution in [0.25, 0.3) is 16.6 Å². The highest BCUT2D eigenvalue weighted by molar-refractivity contribution is 5.94. The second-order valence-corrected chi connectivity index (χ2v) is 9.16. The summed E-state index contributed by atoms with van der Waals surface area (Å²) in [5.41, 5.74) is 2.17. The lowest BCUT2D eigenvalue weighted by molar-refractivity contribution is 0.0664. The summed E-state index contributed by atoms with van der Waals surface area (Å²) in [5, 5.41) is 0.474. The van der Waals surface area contributed by atoms with E-state index in [1.807, 2.05) is 62.4 Å². The number of rotatable bonds is 8. The molecule has 1 aromatic heterocycles. The molecule has 0 N–H and O–H groups in total. The maximum atomic E-state index is 13.9. The van der Waals surface area contributed by atoms with E-state index in [1.54, 1.807) is 39.8 Å². The molecule has 0 aliphatic rings. The van der Waals surface area contributed by atoms with Gasteiger partial charge in [-0.2, -0.15) is 0 Å². The van der Waals surface area contributed by atoms with Crippen LogP contribution in [0.2, 0.25) is 0 Å². The number of hydrogen-bond donors (Lipinski definition) is 0. The Hall–Kier alpha value is -4.78. The molecule has 1 amide bonds. The van der Waals surface area contributed by atoms with Gasteiger partial charge < -0.3 is 9.64 Å². The zero-order valence-corrected chi connectivity index (χ0v) is 21.8. The van der Waals surface area contributed by atoms with Crippen LogP contribution in [-0.4, -0.2) is 27.0 Å². The lowest BCUT2D eigenvalue weighted by Crippen LogP contribution is -2.37. The molecule has 0 spiro atoms. The third-order valence-corrected chi connectivity index (χ3v) is 6.60. The Morgan fingerprint density at radius 1 is 0.923 bits per heavy atom. The van der Waals surface area contributed by atoms with Gasteiger partial charge >= 0.3 is 0 Å². The van der Waals surface area contributed by atoms with Crippen LogP contribution in [0, 0.1) is 5.82 Å². The fraction of sp³-hybridized carbons (Fsp3) is 0.156. The summed E-state index contributed by atoms with van der Waals surface area (Å²) < 4.78 is 20.8. The van der Waals surface area contributed by atoms with E-state index in [-0.39, 0.29) is 18.0 Å². The van der Waals surface area contributed by atoms with Crippen LogP contribution < -0.4 is 10.3 Å². The summed E-state index contributed by atoms with van der Waals surface area (Å²) in [6.45, 7) is 4.56. The number of amides is 1. The van der Waals surface area contributed by atoms with Crippen molar-refractivity contribution in [2.45, 2.75) is 26.4 Å². The van der Waals surface area contributed by atoms with E-state index in [0.717, 1.165) is 5.56 Å². The summed E-state index contributed by atoms with van der Waals surface area (Å²) in [7, 11) is 0. The average Bonchev–Trinajstić information content (AvgIpc) is 2.97. The van der Waals surface area contributed by atoms with Gasteiger partial charge in [0.25, 0.3) is 11.5 Å². The molecule has 196 valence electrons. The quantitative estimate of drug-likeness (QED) is 0.239. The number of benzene rings is 4. The minimum absolute atomic E-state index is 0.236. The first-order valence-corrected chi connectivity index (χ1v) is 12.8. The van der Waals surface area contributed by atoms with Crippen LogP contribution in [0.3, 0.4) is 0 Å². The van der Waals surface area contributed by atoms with Crippen LogP contribution in [-0.2, 0) is 6.54 Å². The van der Waals surface area contributed by atoms with Crippen molar-refractivity contribution in [1.82, 2.24) is 14.5 Å². The highest BCUT2D eigenvalue weighted by atomic mass is 19.1. The lowest BCUT2D eigenvalue weighted by atomic mass is 10.1. The number of aromatic nitrogens is 2. The fourth-order valence-electron chi connectivity index (χ4n) is 4.60. The summed E-state index contributed by atoms with van der Waals surface area (Å²) >= 11 is 0. The Labute approximate surface area is 225 Å². The molecular weight excluding hydrogens is 493 g/mol. The number of para-hydroxylation sites is 1. The molecule has 0 aliphatic carbocycles. The van der Waals surface area contributed by atoms with Gasteiger partial charge in [-0.15, -0.1) is 0 Å². The van der Waals surface area contributed by atoms with E-state index in [4.69, 9.17) is 9.72 Å². The van der Waals surface area contributed by atoms with Gasteiger partial charge in [-0.25, -0.2) is 9.37 Å². The number of ether oxygens (including phenoxy) is 1. The summed E-state index contributed by atoms with van der Waals surface area (Å²) in [5.74, 6) is 0.380. The van der Waals surface area contributed by atoms with Gasteiger partial charge in [0.05, 0.1) is 29.2 Å². The summed E-state index contributed by atoms with van der Waals surface area (Å²) in [4.78, 5) is 34.3. The number of carbonyl (C=O) groups is 1. The van der Waals surface area contributed by atoms with E-state index >= 15 is 0 Å². The van der Waals surface area contributed by atoms with Gasteiger partial charge in [-0.05, 0) is 80.1 Å². The lowest BCUT2D eigenvalue weighted by Gasteiger charge is -2.31. The van der Waals surface area contributed by atoms with Crippen molar-refractivity contribution in [3.8, 4) is 11.4 Å². The molecule has 1 heterocycles. The van der Waals surface area contributed by atoms with Gasteiger partial charge in [0.1, 0.15) is 17.4 Å². The molecule has 0 saturated heterocycles. The van der Waals surface area contributed by atoms with Crippen LogP contribution >= 0.6 is 0 Å². The van der Waals surface area contributed by atoms with E-state index in [1.165, 1.54) is 24.3 Å². The van der Waals surface area contributed by atoms with Crippen LogP contribution in [0.1, 0.15) is 41.6 Å². The highest BCUT2D eigenvalue weighted by Gasteiger charge is 2.28. The molecule has 0 fully saturated rings. The molecule has 0 saturated carbocycles. The molecule has 6 nitrogen and oxygen atoms in total. The van der Waals surface area contributed by atoms with E-state index in [2.05, 4.69) is 0 Å². The standard InChI is InChI=1S/C32H28FN3O3/c1-3-39-27-19-17-26(18-20-27)36-30(34-29-12-8-7-11-28(29)32(36)38)22(2)35(21-23-9-5-4-6-10-23)31(37)24-13-15-25(33)16-14-24/h4-20,22H,3,21H2,1-2H3. The molecule has 7 heteroatoms. The van der Waals surface area contributed by atoms with Crippen molar-refractivity contribution in [2.75, 3.05) is 6.61 Å². The number of fused-ring (bicyclic) bond motifs is 1. The maximum Gasteiger partial charge on any atom is 0.266 e. The molecule has 5 aromatic rings. The van der Waals surface area contributed by atoms with E-state index < -0.39 is 11.9 Å². The Bertz CT molecular complexity index is 1650. The molecule has 39 heavy (non-hydrogen) atoms. The molecule has 0 radical (unpaired) electrons. The SMILES string of the molecule is CCOc1ccc(-n2c(C(C)N(Cc3ccccc3)C(=O)c3ccc(F)cc3)nc3ccccc3c2=O)cc1. The van der Waals surface area contributed by atoms with Gasteiger partial charge in [0.15, 0.2) is 0 Å². The minimum Gasteiger partial charge on any atom is -0.494 e. The van der Waals surface area contributed by atoms with Crippen molar-refractivity contribution < 1.29 is 13.9 Å². The molecule has 5 rings (SSSR count). The number of carbonyl (C=O) groups excluding carboxylic acids is 1. The second-order valence-electron chi connectivity index (χ2n) is 9.16.